The molecule has 2 heterocycles. The predicted octanol–water partition coefficient (Wildman–Crippen LogP) is 3.50. The lowest BCUT2D eigenvalue weighted by molar-refractivity contribution is -0.120. The van der Waals surface area contributed by atoms with E-state index in [2.05, 4.69) is 26.2 Å². The standard InChI is InChI=1S/C20H20BrN3O5S3/c1-31(26,27)14-5-7-15(8-6-14)32(28,29)24-11-9-13(10-12-24)19(25)23-20-22-18-16(21)3-2-4-17(18)30-20/h2-8,13H,9-12H2,1H3,(H,22,23,25). The van der Waals surface area contributed by atoms with Gasteiger partial charge in [-0.25, -0.2) is 21.8 Å². The van der Waals surface area contributed by atoms with E-state index in [1.54, 1.807) is 0 Å². The van der Waals surface area contributed by atoms with Crippen molar-refractivity contribution in [1.29, 1.82) is 0 Å². The second-order valence-electron chi connectivity index (χ2n) is 7.52. The van der Waals surface area contributed by atoms with Gasteiger partial charge in [0.15, 0.2) is 15.0 Å². The van der Waals surface area contributed by atoms with Crippen LogP contribution in [0.3, 0.4) is 0 Å². The summed E-state index contributed by atoms with van der Waals surface area (Å²) in [7, 11) is -7.17. The zero-order valence-corrected chi connectivity index (χ0v) is 21.0. The number of anilines is 1. The summed E-state index contributed by atoms with van der Waals surface area (Å²) in [5, 5.41) is 3.37. The molecule has 0 spiro atoms. The van der Waals surface area contributed by atoms with Crippen molar-refractivity contribution >= 4 is 68.4 Å². The van der Waals surface area contributed by atoms with Crippen molar-refractivity contribution in [2.45, 2.75) is 22.6 Å². The van der Waals surface area contributed by atoms with Crippen LogP contribution in [0.2, 0.25) is 0 Å². The Balaban J connectivity index is 1.40. The van der Waals surface area contributed by atoms with Crippen LogP contribution in [-0.2, 0) is 24.7 Å². The number of carbonyl (C=O) groups is 1. The summed E-state index contributed by atoms with van der Waals surface area (Å²) in [6, 6.07) is 10.9. The van der Waals surface area contributed by atoms with Crippen molar-refractivity contribution in [2.24, 2.45) is 5.92 Å². The molecule has 32 heavy (non-hydrogen) atoms. The monoisotopic (exact) mass is 557 g/mol. The molecule has 0 unspecified atom stereocenters. The molecule has 0 saturated carbocycles. The lowest BCUT2D eigenvalue weighted by Crippen LogP contribution is -2.41. The van der Waals surface area contributed by atoms with Crippen LogP contribution in [0.5, 0.6) is 0 Å². The van der Waals surface area contributed by atoms with Crippen molar-refractivity contribution in [2.75, 3.05) is 24.7 Å². The highest BCUT2D eigenvalue weighted by Gasteiger charge is 2.32. The number of carbonyl (C=O) groups excluding carboxylic acids is 1. The number of nitrogens with one attached hydrogen (secondary N) is 1. The third-order valence-electron chi connectivity index (χ3n) is 5.31. The number of piperidine rings is 1. The van der Waals surface area contributed by atoms with E-state index in [9.17, 15) is 21.6 Å². The Morgan fingerprint density at radius 3 is 2.28 bits per heavy atom. The van der Waals surface area contributed by atoms with Crippen molar-refractivity contribution in [1.82, 2.24) is 9.29 Å². The lowest BCUT2D eigenvalue weighted by Gasteiger charge is -2.30. The molecular formula is C20H20BrN3O5S3. The predicted molar refractivity (Wildman–Crippen MR) is 127 cm³/mol. The van der Waals surface area contributed by atoms with Crippen molar-refractivity contribution in [3.05, 3.63) is 46.9 Å². The van der Waals surface area contributed by atoms with Gasteiger partial charge < -0.3 is 5.32 Å². The van der Waals surface area contributed by atoms with Gasteiger partial charge in [0.2, 0.25) is 15.9 Å². The Hall–Kier alpha value is -1.86. The zero-order valence-electron chi connectivity index (χ0n) is 17.0. The topological polar surface area (TPSA) is 114 Å². The molecule has 1 amide bonds. The van der Waals surface area contributed by atoms with Crippen LogP contribution in [0.1, 0.15) is 12.8 Å². The summed E-state index contributed by atoms with van der Waals surface area (Å²) in [6.45, 7) is 0.416. The number of sulfone groups is 1. The molecule has 12 heteroatoms. The number of halogens is 1. The van der Waals surface area contributed by atoms with E-state index in [0.717, 1.165) is 20.9 Å². The fraction of sp³-hybridized carbons (Fsp3) is 0.300. The maximum absolute atomic E-state index is 12.9. The highest BCUT2D eigenvalue weighted by Crippen LogP contribution is 2.32. The molecule has 2 aromatic carbocycles. The van der Waals surface area contributed by atoms with Gasteiger partial charge in [0.1, 0.15) is 0 Å². The Bertz CT molecular complexity index is 1380. The number of hydrogen-bond donors (Lipinski definition) is 1. The number of rotatable bonds is 5. The van der Waals surface area contributed by atoms with Crippen LogP contribution in [0.25, 0.3) is 10.2 Å². The molecule has 0 bridgehead atoms. The molecular weight excluding hydrogens is 538 g/mol. The third-order valence-corrected chi connectivity index (χ3v) is 9.93. The second-order valence-corrected chi connectivity index (χ2v) is 13.4. The number of amides is 1. The summed E-state index contributed by atoms with van der Waals surface area (Å²) < 4.78 is 52.1. The van der Waals surface area contributed by atoms with E-state index in [4.69, 9.17) is 0 Å². The maximum atomic E-state index is 12.9. The molecule has 0 atom stereocenters. The minimum atomic E-state index is -3.76. The van der Waals surface area contributed by atoms with Gasteiger partial charge in [-0.05, 0) is 65.2 Å². The summed E-state index contributed by atoms with van der Waals surface area (Å²) >= 11 is 4.84. The number of aromatic nitrogens is 1. The van der Waals surface area contributed by atoms with Gasteiger partial charge in [0.25, 0.3) is 0 Å². The first-order valence-corrected chi connectivity index (χ1v) is 14.7. The molecule has 3 aromatic rings. The molecule has 0 aliphatic carbocycles. The van der Waals surface area contributed by atoms with Crippen molar-refractivity contribution < 1.29 is 21.6 Å². The van der Waals surface area contributed by atoms with E-state index >= 15 is 0 Å². The Morgan fingerprint density at radius 1 is 1.06 bits per heavy atom. The molecule has 1 saturated heterocycles. The SMILES string of the molecule is CS(=O)(=O)c1ccc(S(=O)(=O)N2CCC(C(=O)Nc3nc4c(Br)cccc4s3)CC2)cc1. The Morgan fingerprint density at radius 2 is 1.69 bits per heavy atom. The van der Waals surface area contributed by atoms with Crippen molar-refractivity contribution in [3.63, 3.8) is 0 Å². The molecule has 1 aliphatic heterocycles. The van der Waals surface area contributed by atoms with Gasteiger partial charge in [0, 0.05) is 29.7 Å². The summed E-state index contributed by atoms with van der Waals surface area (Å²) in [5.41, 5.74) is 0.788. The Kier molecular flexibility index (Phi) is 6.43. The van der Waals surface area contributed by atoms with Gasteiger partial charge in [-0.3, -0.25) is 4.79 Å². The summed E-state index contributed by atoms with van der Waals surface area (Å²) in [5.74, 6) is -0.487. The average molecular weight is 559 g/mol. The van der Waals surface area contributed by atoms with E-state index < -0.39 is 19.9 Å². The fourth-order valence-corrected chi connectivity index (χ4v) is 7.12. The molecule has 170 valence electrons. The number of thiazole rings is 1. The third kappa shape index (κ3) is 4.74. The number of nitrogens with zero attached hydrogens (tertiary/aromatic N) is 2. The van der Waals surface area contributed by atoms with E-state index in [0.29, 0.717) is 18.0 Å². The first-order chi connectivity index (χ1) is 15.1. The van der Waals surface area contributed by atoms with Crippen LogP contribution < -0.4 is 5.32 Å². The number of para-hydroxylation sites is 1. The van der Waals surface area contributed by atoms with Crippen LogP contribution in [0.15, 0.2) is 56.7 Å². The molecule has 1 aliphatic rings. The van der Waals surface area contributed by atoms with E-state index in [-0.39, 0.29) is 34.7 Å². The molecule has 1 N–H and O–H groups in total. The molecule has 4 rings (SSSR count). The second kappa shape index (κ2) is 8.82. The first-order valence-electron chi connectivity index (χ1n) is 9.72. The minimum absolute atomic E-state index is 0.0351. The van der Waals surface area contributed by atoms with Gasteiger partial charge in [-0.2, -0.15) is 4.31 Å². The normalized spacial score (nSPS) is 16.3. The first kappa shape index (κ1) is 23.3. The van der Waals surface area contributed by atoms with E-state index in [1.807, 2.05) is 18.2 Å². The van der Waals surface area contributed by atoms with Gasteiger partial charge in [-0.1, -0.05) is 17.4 Å². The van der Waals surface area contributed by atoms with Crippen LogP contribution in [0.4, 0.5) is 5.13 Å². The Labute approximate surface area is 198 Å². The number of sulfonamides is 1. The number of fused-ring (bicyclic) bond motifs is 1. The quantitative estimate of drug-likeness (QED) is 0.513. The number of hydrogen-bond acceptors (Lipinski definition) is 7. The largest absolute Gasteiger partial charge is 0.302 e. The smallest absolute Gasteiger partial charge is 0.243 e. The van der Waals surface area contributed by atoms with Crippen LogP contribution in [-0.4, -0.2) is 51.4 Å². The fourth-order valence-electron chi connectivity index (χ4n) is 3.54. The van der Waals surface area contributed by atoms with Gasteiger partial charge in [-0.15, -0.1) is 0 Å². The van der Waals surface area contributed by atoms with Crippen LogP contribution >= 0.6 is 27.3 Å². The lowest BCUT2D eigenvalue weighted by atomic mass is 9.97. The maximum Gasteiger partial charge on any atom is 0.243 e. The number of benzene rings is 2. The zero-order chi connectivity index (χ0) is 23.1. The minimum Gasteiger partial charge on any atom is -0.302 e. The molecule has 0 radical (unpaired) electrons. The van der Waals surface area contributed by atoms with Crippen LogP contribution in [0, 0.1) is 5.92 Å². The summed E-state index contributed by atoms with van der Waals surface area (Å²) in [6.07, 6.45) is 1.85. The highest BCUT2D eigenvalue weighted by atomic mass is 79.9. The van der Waals surface area contributed by atoms with E-state index in [1.165, 1.54) is 39.9 Å². The average Bonchev–Trinajstić information content (AvgIpc) is 3.17. The summed E-state index contributed by atoms with van der Waals surface area (Å²) in [4.78, 5) is 17.3. The van der Waals surface area contributed by atoms with Gasteiger partial charge >= 0.3 is 0 Å². The van der Waals surface area contributed by atoms with Gasteiger partial charge in [0.05, 0.1) is 20.0 Å². The molecule has 1 aromatic heterocycles. The molecule has 1 fully saturated rings. The molecule has 8 nitrogen and oxygen atoms in total. The highest BCUT2D eigenvalue weighted by molar-refractivity contribution is 9.10. The van der Waals surface area contributed by atoms with Crippen molar-refractivity contribution in [3.8, 4) is 0 Å².